The fourth-order valence-electron chi connectivity index (χ4n) is 6.73. The normalized spacial score (nSPS) is 22.3. The van der Waals surface area contributed by atoms with E-state index in [9.17, 15) is 23.4 Å². The van der Waals surface area contributed by atoms with Crippen LogP contribution in [0.1, 0.15) is 49.6 Å². The van der Waals surface area contributed by atoms with Gasteiger partial charge in [0, 0.05) is 36.8 Å². The number of nitrogens with zero attached hydrogens (tertiary/aromatic N) is 6. The monoisotopic (exact) mass is 746 g/mol. The predicted octanol–water partition coefficient (Wildman–Crippen LogP) is 2.71. The standard InChI is InChI=1S/C35H42N10O7S/c1-3-22-16-27(52-43-22)30-20(2)29(47)33(51-30)45-19-37-28-31(38-25(18-46)14-21-8-5-4-6-9-21)41-34(42-32(28)45)44-13-12-24(17-44)40-35(48)39-23-10-7-11-26(15-23)53(36,49)50/h4-11,15-16,19-20,24-25,29-30,33,46-47H,3,12-14,17-18H2,1-2H3,(H2,36,49,50)(H,38,41,42)(H2,39,40,48)/t20-,24-,25-,29+,30-,33+/m0/s1. The Morgan fingerprint density at radius 1 is 1.13 bits per heavy atom. The number of nitrogens with one attached hydrogen (secondary N) is 3. The van der Waals surface area contributed by atoms with Crippen molar-refractivity contribution in [3.63, 3.8) is 0 Å². The minimum atomic E-state index is -3.94. The number of carbonyl (C=O) groups excluding carboxylic acids is 1. The summed E-state index contributed by atoms with van der Waals surface area (Å²) in [6, 6.07) is 16.1. The van der Waals surface area contributed by atoms with Crippen LogP contribution in [0.15, 0.2) is 76.4 Å². The largest absolute Gasteiger partial charge is 0.394 e. The van der Waals surface area contributed by atoms with Gasteiger partial charge in [-0.15, -0.1) is 0 Å². The first kappa shape index (κ1) is 36.2. The van der Waals surface area contributed by atoms with E-state index < -0.39 is 40.5 Å². The number of anilines is 3. The third-order valence-corrected chi connectivity index (χ3v) is 10.5. The van der Waals surface area contributed by atoms with Crippen LogP contribution in [0.25, 0.3) is 11.2 Å². The van der Waals surface area contributed by atoms with E-state index in [1.165, 1.54) is 18.2 Å². The number of hydrogen-bond acceptors (Lipinski definition) is 13. The second-order valence-electron chi connectivity index (χ2n) is 13.4. The molecule has 6 atom stereocenters. The molecular weight excluding hydrogens is 705 g/mol. The third kappa shape index (κ3) is 7.81. The summed E-state index contributed by atoms with van der Waals surface area (Å²) in [4.78, 5) is 29.2. The van der Waals surface area contributed by atoms with Gasteiger partial charge in [-0.2, -0.15) is 9.97 Å². The fourth-order valence-corrected chi connectivity index (χ4v) is 7.29. The number of rotatable bonds is 12. The Balaban J connectivity index is 1.15. The van der Waals surface area contributed by atoms with Gasteiger partial charge < -0.3 is 40.3 Å². The van der Waals surface area contributed by atoms with E-state index in [0.717, 1.165) is 11.3 Å². The molecule has 53 heavy (non-hydrogen) atoms. The molecule has 280 valence electrons. The van der Waals surface area contributed by atoms with Crippen LogP contribution < -0.4 is 26.0 Å². The molecule has 7 rings (SSSR count). The highest BCUT2D eigenvalue weighted by Gasteiger charge is 2.45. The number of primary sulfonamides is 1. The average Bonchev–Trinajstić information content (AvgIpc) is 3.95. The Hall–Kier alpha value is -5.14. The predicted molar refractivity (Wildman–Crippen MR) is 194 cm³/mol. The van der Waals surface area contributed by atoms with Gasteiger partial charge in [-0.05, 0) is 43.0 Å². The number of hydrogen-bond donors (Lipinski definition) is 6. The molecule has 0 bridgehead atoms. The smallest absolute Gasteiger partial charge is 0.319 e. The van der Waals surface area contributed by atoms with Crippen molar-refractivity contribution >= 4 is 44.7 Å². The summed E-state index contributed by atoms with van der Waals surface area (Å²) in [6.45, 7) is 4.55. The number of fused-ring (bicyclic) bond motifs is 1. The first-order valence-corrected chi connectivity index (χ1v) is 19.0. The quantitative estimate of drug-likeness (QED) is 0.108. The first-order chi connectivity index (χ1) is 25.5. The van der Waals surface area contributed by atoms with Crippen LogP contribution >= 0.6 is 0 Å². The van der Waals surface area contributed by atoms with E-state index in [1.807, 2.05) is 55.1 Å². The lowest BCUT2D eigenvalue weighted by molar-refractivity contribution is -0.0426. The SMILES string of the molecule is CCc1cc([C@H]2O[C@@H](n3cnc4c(N[C@H](CO)Cc5ccccc5)nc(N5CC[C@H](NC(=O)Nc6cccc(S(N)(=O)=O)c6)C5)nc43)[C@H](O)[C@@H]2C)on1. The van der Waals surface area contributed by atoms with E-state index in [2.05, 4.69) is 26.1 Å². The third-order valence-electron chi connectivity index (χ3n) is 9.61. The van der Waals surface area contributed by atoms with Crippen molar-refractivity contribution in [2.45, 2.75) is 68.5 Å². The van der Waals surface area contributed by atoms with Crippen molar-refractivity contribution in [2.24, 2.45) is 11.1 Å². The summed E-state index contributed by atoms with van der Waals surface area (Å²) in [5, 5.41) is 40.1. The Labute approximate surface area is 305 Å². The Morgan fingerprint density at radius 2 is 1.94 bits per heavy atom. The van der Waals surface area contributed by atoms with Crippen LogP contribution in [-0.4, -0.2) is 87.2 Å². The summed E-state index contributed by atoms with van der Waals surface area (Å²) >= 11 is 0. The summed E-state index contributed by atoms with van der Waals surface area (Å²) in [6.07, 6.45) is 1.01. The number of aryl methyl sites for hydroxylation is 1. The number of benzene rings is 2. The van der Waals surface area contributed by atoms with Crippen molar-refractivity contribution < 1.29 is 32.7 Å². The topological polar surface area (TPSA) is 236 Å². The molecule has 0 aliphatic carbocycles. The highest BCUT2D eigenvalue weighted by Crippen LogP contribution is 2.44. The van der Waals surface area contributed by atoms with Gasteiger partial charge in [-0.3, -0.25) is 4.57 Å². The number of ether oxygens (including phenoxy) is 1. The van der Waals surface area contributed by atoms with E-state index in [0.29, 0.717) is 61.0 Å². The molecule has 2 amide bonds. The number of amides is 2. The molecule has 0 spiro atoms. The molecule has 2 saturated heterocycles. The maximum absolute atomic E-state index is 12.9. The zero-order valence-corrected chi connectivity index (χ0v) is 30.0. The van der Waals surface area contributed by atoms with Crippen LogP contribution in [-0.2, 0) is 27.6 Å². The van der Waals surface area contributed by atoms with Crippen molar-refractivity contribution in [1.82, 2.24) is 30.0 Å². The van der Waals surface area contributed by atoms with E-state index in [1.54, 1.807) is 17.0 Å². The summed E-state index contributed by atoms with van der Waals surface area (Å²) in [5.41, 5.74) is 2.92. The molecule has 2 aliphatic rings. The number of aliphatic hydroxyl groups excluding tert-OH is 2. The van der Waals surface area contributed by atoms with Crippen LogP contribution in [0.3, 0.4) is 0 Å². The fraction of sp³-hybridized carbons (Fsp3) is 0.400. The lowest BCUT2D eigenvalue weighted by Gasteiger charge is -2.22. The Bertz CT molecular complexity index is 2180. The number of sulfonamides is 1. The molecule has 7 N–H and O–H groups in total. The van der Waals surface area contributed by atoms with Crippen LogP contribution in [0, 0.1) is 5.92 Å². The molecule has 0 unspecified atom stereocenters. The Morgan fingerprint density at radius 3 is 2.68 bits per heavy atom. The Kier molecular flexibility index (Phi) is 10.3. The minimum absolute atomic E-state index is 0.116. The maximum atomic E-state index is 12.9. The lowest BCUT2D eigenvalue weighted by atomic mass is 9.98. The number of aromatic nitrogens is 5. The maximum Gasteiger partial charge on any atom is 0.319 e. The first-order valence-electron chi connectivity index (χ1n) is 17.4. The van der Waals surface area contributed by atoms with Crippen molar-refractivity contribution in [2.75, 3.05) is 35.2 Å². The molecule has 2 aliphatic heterocycles. The molecule has 5 aromatic rings. The van der Waals surface area contributed by atoms with E-state index >= 15 is 0 Å². The number of carbonyl (C=O) groups is 1. The molecule has 17 nitrogen and oxygen atoms in total. The number of aliphatic hydroxyl groups is 2. The molecule has 3 aromatic heterocycles. The van der Waals surface area contributed by atoms with Gasteiger partial charge in [0.2, 0.25) is 16.0 Å². The molecule has 2 fully saturated rings. The van der Waals surface area contributed by atoms with Crippen LogP contribution in [0.2, 0.25) is 0 Å². The summed E-state index contributed by atoms with van der Waals surface area (Å²) in [7, 11) is -3.94. The molecule has 18 heteroatoms. The van der Waals surface area contributed by atoms with Crippen molar-refractivity contribution in [1.29, 1.82) is 0 Å². The molecular formula is C35H42N10O7S. The van der Waals surface area contributed by atoms with Gasteiger partial charge in [-0.1, -0.05) is 55.4 Å². The summed E-state index contributed by atoms with van der Waals surface area (Å²) in [5.74, 6) is 0.935. The highest BCUT2D eigenvalue weighted by atomic mass is 32.2. The number of nitrogens with two attached hydrogens (primary N) is 1. The molecule has 0 radical (unpaired) electrons. The molecule has 2 aromatic carbocycles. The second-order valence-corrected chi connectivity index (χ2v) is 14.9. The molecule has 0 saturated carbocycles. The van der Waals surface area contributed by atoms with Crippen LogP contribution in [0.5, 0.6) is 0 Å². The average molecular weight is 747 g/mol. The van der Waals surface area contributed by atoms with Gasteiger partial charge in [0.1, 0.15) is 12.2 Å². The number of urea groups is 1. The van der Waals surface area contributed by atoms with Crippen molar-refractivity contribution in [3.8, 4) is 0 Å². The van der Waals surface area contributed by atoms with Gasteiger partial charge in [-0.25, -0.2) is 23.3 Å². The van der Waals surface area contributed by atoms with Crippen LogP contribution in [0.4, 0.5) is 22.2 Å². The zero-order valence-electron chi connectivity index (χ0n) is 29.2. The van der Waals surface area contributed by atoms with E-state index in [4.69, 9.17) is 24.4 Å². The lowest BCUT2D eigenvalue weighted by Crippen LogP contribution is -2.40. The second kappa shape index (κ2) is 15.1. The minimum Gasteiger partial charge on any atom is -0.394 e. The van der Waals surface area contributed by atoms with Gasteiger partial charge in [0.25, 0.3) is 0 Å². The van der Waals surface area contributed by atoms with Gasteiger partial charge >= 0.3 is 6.03 Å². The highest BCUT2D eigenvalue weighted by molar-refractivity contribution is 7.89. The van der Waals surface area contributed by atoms with Gasteiger partial charge in [0.15, 0.2) is 29.0 Å². The molecule has 5 heterocycles. The van der Waals surface area contributed by atoms with Gasteiger partial charge in [0.05, 0.1) is 29.6 Å². The van der Waals surface area contributed by atoms with Crippen molar-refractivity contribution in [3.05, 3.63) is 84.0 Å². The zero-order chi connectivity index (χ0) is 37.3. The number of imidazole rings is 1. The van der Waals surface area contributed by atoms with E-state index in [-0.39, 0.29) is 29.1 Å². The summed E-state index contributed by atoms with van der Waals surface area (Å²) < 4.78 is 37.2.